The molecule has 3 rings (SSSR count). The Hall–Kier alpha value is -3.81. The van der Waals surface area contributed by atoms with Crippen molar-refractivity contribution in [2.24, 2.45) is 11.5 Å². The molecule has 0 unspecified atom stereocenters. The van der Waals surface area contributed by atoms with Gasteiger partial charge in [0.2, 0.25) is 0 Å². The molecule has 0 fully saturated rings. The van der Waals surface area contributed by atoms with Crippen LogP contribution in [0.5, 0.6) is 5.75 Å². The Morgan fingerprint density at radius 2 is 1.77 bits per heavy atom. The normalized spacial score (nSPS) is 10.3. The van der Waals surface area contributed by atoms with Gasteiger partial charge in [0, 0.05) is 5.56 Å². The number of urea groups is 1. The quantitative estimate of drug-likeness (QED) is 0.651. The molecule has 2 aromatic carbocycles. The predicted octanol–water partition coefficient (Wildman–Crippen LogP) is 2.14. The molecular weight excluding hydrogens is 334 g/mol. The van der Waals surface area contributed by atoms with Gasteiger partial charge in [-0.05, 0) is 23.8 Å². The number of ether oxygens (including phenoxy) is 1. The van der Waals surface area contributed by atoms with E-state index < -0.39 is 11.9 Å². The molecule has 0 radical (unpaired) electrons. The summed E-state index contributed by atoms with van der Waals surface area (Å²) in [4.78, 5) is 22.6. The van der Waals surface area contributed by atoms with E-state index in [0.29, 0.717) is 5.69 Å². The molecule has 0 bridgehead atoms. The number of nitrogens with zero attached hydrogens (tertiary/aromatic N) is 2. The average Bonchev–Trinajstić information content (AvgIpc) is 3.05. The molecule has 0 aliphatic carbocycles. The number of methoxy groups -OCH3 is 1. The van der Waals surface area contributed by atoms with Crippen molar-refractivity contribution in [2.75, 3.05) is 12.4 Å². The Balaban J connectivity index is 1.96. The van der Waals surface area contributed by atoms with Crippen molar-refractivity contribution < 1.29 is 14.3 Å². The van der Waals surface area contributed by atoms with Crippen LogP contribution in [0.4, 0.5) is 10.5 Å². The second-order valence-corrected chi connectivity index (χ2v) is 5.44. The van der Waals surface area contributed by atoms with E-state index in [-0.39, 0.29) is 11.4 Å². The number of aromatic nitrogens is 2. The number of nitrogens with one attached hydrogen (secondary N) is 1. The van der Waals surface area contributed by atoms with Crippen LogP contribution < -0.4 is 21.5 Å². The first-order valence-corrected chi connectivity index (χ1v) is 7.69. The number of hydrogen-bond acceptors (Lipinski definition) is 4. The highest BCUT2D eigenvalue weighted by molar-refractivity contribution is 6.00. The topological polar surface area (TPSA) is 125 Å². The van der Waals surface area contributed by atoms with E-state index in [0.717, 1.165) is 16.9 Å². The van der Waals surface area contributed by atoms with Gasteiger partial charge in [0.15, 0.2) is 5.69 Å². The number of anilines is 1. The average molecular weight is 351 g/mol. The molecule has 1 heterocycles. The highest BCUT2D eigenvalue weighted by atomic mass is 16.5. The van der Waals surface area contributed by atoms with Crippen molar-refractivity contribution in [3.05, 3.63) is 60.4 Å². The zero-order chi connectivity index (χ0) is 18.7. The highest BCUT2D eigenvalue weighted by Gasteiger charge is 2.16. The number of amides is 3. The monoisotopic (exact) mass is 351 g/mol. The molecule has 8 heteroatoms. The molecule has 0 aliphatic heterocycles. The van der Waals surface area contributed by atoms with Crippen molar-refractivity contribution in [3.8, 4) is 22.6 Å². The maximum Gasteiger partial charge on any atom is 0.316 e. The van der Waals surface area contributed by atoms with Gasteiger partial charge < -0.3 is 21.5 Å². The SMILES string of the molecule is COc1ccccc1-c1ccc(-n2cc(NC(N)=O)c(C(N)=O)n2)cc1. The molecule has 8 nitrogen and oxygen atoms in total. The van der Waals surface area contributed by atoms with E-state index in [1.807, 2.05) is 48.5 Å². The van der Waals surface area contributed by atoms with Crippen LogP contribution in [-0.4, -0.2) is 28.8 Å². The second-order valence-electron chi connectivity index (χ2n) is 5.44. The van der Waals surface area contributed by atoms with Crippen molar-refractivity contribution in [3.63, 3.8) is 0 Å². The minimum atomic E-state index is -0.807. The van der Waals surface area contributed by atoms with Gasteiger partial charge in [-0.2, -0.15) is 5.10 Å². The molecular formula is C18H17N5O3. The van der Waals surface area contributed by atoms with E-state index in [4.69, 9.17) is 16.2 Å². The number of rotatable bonds is 5. The van der Waals surface area contributed by atoms with Crippen molar-refractivity contribution >= 4 is 17.6 Å². The van der Waals surface area contributed by atoms with Gasteiger partial charge in [-0.1, -0.05) is 30.3 Å². The maximum atomic E-state index is 11.5. The first-order chi connectivity index (χ1) is 12.5. The van der Waals surface area contributed by atoms with Gasteiger partial charge >= 0.3 is 6.03 Å². The summed E-state index contributed by atoms with van der Waals surface area (Å²) in [5.74, 6) is 0.00133. The second kappa shape index (κ2) is 6.98. The van der Waals surface area contributed by atoms with Crippen LogP contribution in [0.1, 0.15) is 10.5 Å². The summed E-state index contributed by atoms with van der Waals surface area (Å²) in [5.41, 5.74) is 13.1. The van der Waals surface area contributed by atoms with Gasteiger partial charge in [-0.25, -0.2) is 9.48 Å². The Kier molecular flexibility index (Phi) is 4.57. The molecule has 5 N–H and O–H groups in total. The predicted molar refractivity (Wildman–Crippen MR) is 97.3 cm³/mol. The number of nitrogens with two attached hydrogens (primary N) is 2. The molecule has 0 saturated heterocycles. The number of carbonyl (C=O) groups is 2. The van der Waals surface area contributed by atoms with Gasteiger partial charge in [-0.3, -0.25) is 4.79 Å². The fraction of sp³-hybridized carbons (Fsp3) is 0.0556. The highest BCUT2D eigenvalue weighted by Crippen LogP contribution is 2.30. The lowest BCUT2D eigenvalue weighted by molar-refractivity contribution is 0.0996. The smallest absolute Gasteiger partial charge is 0.316 e. The van der Waals surface area contributed by atoms with Crippen LogP contribution >= 0.6 is 0 Å². The summed E-state index contributed by atoms with van der Waals surface area (Å²) in [7, 11) is 1.62. The van der Waals surface area contributed by atoms with Crippen LogP contribution in [0.3, 0.4) is 0 Å². The van der Waals surface area contributed by atoms with E-state index in [2.05, 4.69) is 10.4 Å². The Bertz CT molecular complexity index is 963. The van der Waals surface area contributed by atoms with Crippen molar-refractivity contribution in [1.82, 2.24) is 9.78 Å². The van der Waals surface area contributed by atoms with Crippen molar-refractivity contribution in [2.45, 2.75) is 0 Å². The first-order valence-electron chi connectivity index (χ1n) is 7.69. The number of hydrogen-bond donors (Lipinski definition) is 3. The maximum absolute atomic E-state index is 11.5. The number of benzene rings is 2. The molecule has 0 aliphatic rings. The lowest BCUT2D eigenvalue weighted by Crippen LogP contribution is -2.22. The summed E-state index contributed by atoms with van der Waals surface area (Å²) in [6.45, 7) is 0. The summed E-state index contributed by atoms with van der Waals surface area (Å²) in [5, 5.41) is 6.45. The molecule has 132 valence electrons. The molecule has 0 atom stereocenters. The molecule has 1 aromatic heterocycles. The van der Waals surface area contributed by atoms with Gasteiger partial charge in [-0.15, -0.1) is 0 Å². The zero-order valence-electron chi connectivity index (χ0n) is 14.0. The Morgan fingerprint density at radius 1 is 1.08 bits per heavy atom. The molecule has 3 amide bonds. The van der Waals surface area contributed by atoms with Crippen LogP contribution in [0.15, 0.2) is 54.7 Å². The molecule has 0 saturated carbocycles. The standard InChI is InChI=1S/C18H17N5O3/c1-26-15-5-3-2-4-13(15)11-6-8-12(9-7-11)23-10-14(21-18(20)25)16(22-23)17(19)24/h2-10H,1H3,(H2,19,24)(H3,20,21,25). The summed E-state index contributed by atoms with van der Waals surface area (Å²) in [6, 6.07) is 14.3. The first kappa shape index (κ1) is 17.0. The summed E-state index contributed by atoms with van der Waals surface area (Å²) < 4.78 is 6.82. The summed E-state index contributed by atoms with van der Waals surface area (Å²) in [6.07, 6.45) is 1.48. The minimum Gasteiger partial charge on any atom is -0.496 e. The number of para-hydroxylation sites is 1. The minimum absolute atomic E-state index is 0.0717. The van der Waals surface area contributed by atoms with Crippen LogP contribution in [0.2, 0.25) is 0 Å². The van der Waals surface area contributed by atoms with Gasteiger partial charge in [0.05, 0.1) is 24.7 Å². The lowest BCUT2D eigenvalue weighted by atomic mass is 10.0. The van der Waals surface area contributed by atoms with Crippen LogP contribution in [-0.2, 0) is 0 Å². The van der Waals surface area contributed by atoms with Crippen LogP contribution in [0, 0.1) is 0 Å². The number of primary amides is 2. The Morgan fingerprint density at radius 3 is 2.38 bits per heavy atom. The Labute approximate surface area is 149 Å². The van der Waals surface area contributed by atoms with Gasteiger partial charge in [0.25, 0.3) is 5.91 Å². The van der Waals surface area contributed by atoms with E-state index in [1.165, 1.54) is 10.9 Å². The van der Waals surface area contributed by atoms with E-state index in [9.17, 15) is 9.59 Å². The third-order valence-electron chi connectivity index (χ3n) is 3.76. The number of carbonyl (C=O) groups excluding carboxylic acids is 2. The summed E-state index contributed by atoms with van der Waals surface area (Å²) >= 11 is 0. The van der Waals surface area contributed by atoms with E-state index >= 15 is 0 Å². The third-order valence-corrected chi connectivity index (χ3v) is 3.76. The fourth-order valence-electron chi connectivity index (χ4n) is 2.59. The third kappa shape index (κ3) is 3.34. The molecule has 3 aromatic rings. The zero-order valence-corrected chi connectivity index (χ0v) is 14.0. The fourth-order valence-corrected chi connectivity index (χ4v) is 2.59. The van der Waals surface area contributed by atoms with Gasteiger partial charge in [0.1, 0.15) is 5.75 Å². The van der Waals surface area contributed by atoms with Crippen molar-refractivity contribution in [1.29, 1.82) is 0 Å². The largest absolute Gasteiger partial charge is 0.496 e. The molecule has 0 spiro atoms. The molecule has 26 heavy (non-hydrogen) atoms. The van der Waals surface area contributed by atoms with E-state index in [1.54, 1.807) is 7.11 Å². The lowest BCUT2D eigenvalue weighted by Gasteiger charge is -2.09. The van der Waals surface area contributed by atoms with Crippen LogP contribution in [0.25, 0.3) is 16.8 Å².